The van der Waals surface area contributed by atoms with Gasteiger partial charge in [0.05, 0.1) is 6.20 Å². The second-order valence-electron chi connectivity index (χ2n) is 2.49. The van der Waals surface area contributed by atoms with Gasteiger partial charge in [-0.15, -0.1) is 11.3 Å². The largest absolute Gasteiger partial charge is 0.388 e. The highest BCUT2D eigenvalue weighted by molar-refractivity contribution is 7.80. The number of aromatic nitrogens is 3. The van der Waals surface area contributed by atoms with Gasteiger partial charge in [-0.05, 0) is 0 Å². The molecule has 0 aliphatic rings. The first-order valence-corrected chi connectivity index (χ1v) is 5.08. The highest BCUT2D eigenvalue weighted by atomic mass is 32.1. The Bertz CT molecular complexity index is 451. The normalized spacial score (nSPS) is 10.0. The Labute approximate surface area is 89.9 Å². The van der Waals surface area contributed by atoms with Crippen LogP contribution in [0.5, 0.6) is 0 Å². The highest BCUT2D eigenvalue weighted by Gasteiger charge is 2.06. The second-order valence-corrected chi connectivity index (χ2v) is 3.79. The van der Waals surface area contributed by atoms with Crippen LogP contribution in [0.15, 0.2) is 24.0 Å². The SMILES string of the molecule is NC(=S)c1csc(-c2cnccn2)n1. The number of nitrogens with zero attached hydrogens (tertiary/aromatic N) is 3. The number of rotatable bonds is 2. The Kier molecular flexibility index (Phi) is 2.47. The molecule has 2 aromatic heterocycles. The topological polar surface area (TPSA) is 64.7 Å². The molecule has 2 N–H and O–H groups in total. The standard InChI is InChI=1S/C8H6N4S2/c9-7(13)6-4-14-8(12-6)5-3-10-1-2-11-5/h1-4H,(H2,9,13). The molecule has 0 unspecified atom stereocenters. The van der Waals surface area contributed by atoms with Gasteiger partial charge < -0.3 is 5.73 Å². The molecule has 6 heteroatoms. The molecule has 0 aromatic carbocycles. The molecule has 0 spiro atoms. The van der Waals surface area contributed by atoms with Crippen LogP contribution >= 0.6 is 23.6 Å². The lowest BCUT2D eigenvalue weighted by Gasteiger charge is -1.91. The van der Waals surface area contributed by atoms with Gasteiger partial charge in [0.25, 0.3) is 0 Å². The molecule has 0 fully saturated rings. The van der Waals surface area contributed by atoms with Crippen LogP contribution in [0.1, 0.15) is 5.69 Å². The van der Waals surface area contributed by atoms with Crippen LogP contribution in [0.4, 0.5) is 0 Å². The monoisotopic (exact) mass is 222 g/mol. The summed E-state index contributed by atoms with van der Waals surface area (Å²) in [4.78, 5) is 12.6. The zero-order valence-corrected chi connectivity index (χ0v) is 8.68. The van der Waals surface area contributed by atoms with Gasteiger partial charge in [0.2, 0.25) is 0 Å². The van der Waals surface area contributed by atoms with Gasteiger partial charge in [0.1, 0.15) is 21.4 Å². The minimum absolute atomic E-state index is 0.302. The van der Waals surface area contributed by atoms with Gasteiger partial charge in [0.15, 0.2) is 0 Å². The predicted octanol–water partition coefficient (Wildman–Crippen LogP) is 1.23. The van der Waals surface area contributed by atoms with E-state index in [0.29, 0.717) is 10.7 Å². The molecule has 70 valence electrons. The van der Waals surface area contributed by atoms with Crippen molar-refractivity contribution in [1.82, 2.24) is 15.0 Å². The average Bonchev–Trinajstić information content (AvgIpc) is 2.68. The highest BCUT2D eigenvalue weighted by Crippen LogP contribution is 2.20. The summed E-state index contributed by atoms with van der Waals surface area (Å²) in [6.07, 6.45) is 4.89. The van der Waals surface area contributed by atoms with Gasteiger partial charge in [-0.3, -0.25) is 9.97 Å². The number of thiocarbonyl (C=S) groups is 1. The molecule has 0 saturated carbocycles. The van der Waals surface area contributed by atoms with E-state index in [1.54, 1.807) is 18.6 Å². The van der Waals surface area contributed by atoms with Crippen molar-refractivity contribution in [2.45, 2.75) is 0 Å². The molecule has 0 aliphatic carbocycles. The van der Waals surface area contributed by atoms with Gasteiger partial charge in [0, 0.05) is 17.8 Å². The van der Waals surface area contributed by atoms with Gasteiger partial charge >= 0.3 is 0 Å². The number of hydrogen-bond donors (Lipinski definition) is 1. The third-order valence-corrected chi connectivity index (χ3v) is 2.61. The molecule has 0 saturated heterocycles. The van der Waals surface area contributed by atoms with Crippen LogP contribution in [0.25, 0.3) is 10.7 Å². The fraction of sp³-hybridized carbons (Fsp3) is 0. The number of nitrogens with two attached hydrogens (primary N) is 1. The summed E-state index contributed by atoms with van der Waals surface area (Å²) in [5, 5.41) is 2.59. The summed E-state index contributed by atoms with van der Waals surface area (Å²) < 4.78 is 0. The summed E-state index contributed by atoms with van der Waals surface area (Å²) in [6, 6.07) is 0. The van der Waals surface area contributed by atoms with E-state index in [1.165, 1.54) is 11.3 Å². The first-order valence-electron chi connectivity index (χ1n) is 3.79. The third kappa shape index (κ3) is 1.75. The van der Waals surface area contributed by atoms with E-state index in [2.05, 4.69) is 15.0 Å². The molecule has 2 rings (SSSR count). The molecule has 0 amide bonds. The quantitative estimate of drug-likeness (QED) is 0.774. The van der Waals surface area contributed by atoms with Crippen molar-refractivity contribution in [3.8, 4) is 10.7 Å². The molecule has 14 heavy (non-hydrogen) atoms. The summed E-state index contributed by atoms with van der Waals surface area (Å²) in [7, 11) is 0. The first-order chi connectivity index (χ1) is 6.77. The molecule has 4 nitrogen and oxygen atoms in total. The van der Waals surface area contributed by atoms with E-state index in [1.807, 2.05) is 5.38 Å². The third-order valence-electron chi connectivity index (χ3n) is 1.54. The average molecular weight is 222 g/mol. The molecular weight excluding hydrogens is 216 g/mol. The molecular formula is C8H6N4S2. The van der Waals surface area contributed by atoms with Crippen molar-refractivity contribution in [3.05, 3.63) is 29.7 Å². The zero-order chi connectivity index (χ0) is 9.97. The van der Waals surface area contributed by atoms with Gasteiger partial charge in [-0.25, -0.2) is 4.98 Å². The van der Waals surface area contributed by atoms with Crippen LogP contribution in [-0.2, 0) is 0 Å². The molecule has 0 bridgehead atoms. The van der Waals surface area contributed by atoms with Crippen LogP contribution in [-0.4, -0.2) is 19.9 Å². The lowest BCUT2D eigenvalue weighted by atomic mass is 10.4. The zero-order valence-electron chi connectivity index (χ0n) is 7.04. The second kappa shape index (κ2) is 3.77. The molecule has 0 aliphatic heterocycles. The molecule has 2 heterocycles. The maximum atomic E-state index is 5.44. The first kappa shape index (κ1) is 9.17. The maximum absolute atomic E-state index is 5.44. The fourth-order valence-electron chi connectivity index (χ4n) is 0.914. The van der Waals surface area contributed by atoms with E-state index in [4.69, 9.17) is 18.0 Å². The summed E-state index contributed by atoms with van der Waals surface area (Å²) in [5.74, 6) is 0. The summed E-state index contributed by atoms with van der Waals surface area (Å²) in [5.41, 5.74) is 6.81. The minimum Gasteiger partial charge on any atom is -0.388 e. The van der Waals surface area contributed by atoms with Gasteiger partial charge in [-0.2, -0.15) is 0 Å². The molecule has 0 atom stereocenters. The van der Waals surface area contributed by atoms with E-state index < -0.39 is 0 Å². The Hall–Kier alpha value is -1.40. The van der Waals surface area contributed by atoms with Crippen molar-refractivity contribution in [2.75, 3.05) is 0 Å². The predicted molar refractivity (Wildman–Crippen MR) is 59.0 cm³/mol. The molecule has 2 aromatic rings. The maximum Gasteiger partial charge on any atom is 0.144 e. The smallest absolute Gasteiger partial charge is 0.144 e. The van der Waals surface area contributed by atoms with E-state index in [-0.39, 0.29) is 0 Å². The van der Waals surface area contributed by atoms with E-state index in [0.717, 1.165) is 10.7 Å². The van der Waals surface area contributed by atoms with Crippen molar-refractivity contribution in [3.63, 3.8) is 0 Å². The van der Waals surface area contributed by atoms with Gasteiger partial charge in [-0.1, -0.05) is 12.2 Å². The van der Waals surface area contributed by atoms with Crippen LogP contribution in [0.3, 0.4) is 0 Å². The summed E-state index contributed by atoms with van der Waals surface area (Å²) >= 11 is 6.26. The van der Waals surface area contributed by atoms with Crippen molar-refractivity contribution in [2.24, 2.45) is 5.73 Å². The van der Waals surface area contributed by atoms with E-state index >= 15 is 0 Å². The Morgan fingerprint density at radius 1 is 1.43 bits per heavy atom. The van der Waals surface area contributed by atoms with E-state index in [9.17, 15) is 0 Å². The van der Waals surface area contributed by atoms with Crippen LogP contribution in [0.2, 0.25) is 0 Å². The fourth-order valence-corrected chi connectivity index (χ4v) is 1.87. The lowest BCUT2D eigenvalue weighted by Crippen LogP contribution is -2.09. The Morgan fingerprint density at radius 3 is 2.86 bits per heavy atom. The Morgan fingerprint density at radius 2 is 2.29 bits per heavy atom. The number of hydrogen-bond acceptors (Lipinski definition) is 5. The minimum atomic E-state index is 0.302. The van der Waals surface area contributed by atoms with Crippen molar-refractivity contribution in [1.29, 1.82) is 0 Å². The number of thiazole rings is 1. The van der Waals surface area contributed by atoms with Crippen LogP contribution in [0, 0.1) is 0 Å². The van der Waals surface area contributed by atoms with Crippen molar-refractivity contribution >= 4 is 28.5 Å². The van der Waals surface area contributed by atoms with Crippen molar-refractivity contribution < 1.29 is 0 Å². The lowest BCUT2D eigenvalue weighted by molar-refractivity contribution is 1.19. The Balaban J connectivity index is 2.39. The van der Waals surface area contributed by atoms with Crippen LogP contribution < -0.4 is 5.73 Å². The summed E-state index contributed by atoms with van der Waals surface area (Å²) in [6.45, 7) is 0. The molecule has 0 radical (unpaired) electrons.